The van der Waals surface area contributed by atoms with Crippen LogP contribution in [0.1, 0.15) is 63.4 Å². The van der Waals surface area contributed by atoms with Gasteiger partial charge >= 0.3 is 0 Å². The Kier molecular flexibility index (Phi) is 7.31. The fraction of sp³-hybridized carbons (Fsp3) is 0.533. The molecule has 0 bridgehead atoms. The van der Waals surface area contributed by atoms with E-state index in [2.05, 4.69) is 34.7 Å². The van der Waals surface area contributed by atoms with Crippen molar-refractivity contribution in [3.8, 4) is 5.75 Å². The lowest BCUT2D eigenvalue weighted by Gasteiger charge is -2.44. The second-order valence-corrected chi connectivity index (χ2v) is 11.7. The van der Waals surface area contributed by atoms with Crippen LogP contribution in [-0.2, 0) is 6.42 Å². The standard InChI is InChI=1S/C30H39F2N3O2/c1-5-6-11-34-15-21(16-34)37-20-13-24(31)27(25(32)14-20)29-28-23(22-9-7-8-10-26(22)33-28)12-19(2)35(29)17-30(3,4)18-36/h7-10,13-14,19,21,29,33,36H,5-6,11-12,15-18H2,1-4H3/t19-,29-/m1/s1. The zero-order chi connectivity index (χ0) is 26.3. The average Bonchev–Trinajstić information content (AvgIpc) is 3.19. The fourth-order valence-electron chi connectivity index (χ4n) is 5.85. The first kappa shape index (κ1) is 26.1. The lowest BCUT2D eigenvalue weighted by molar-refractivity contribution is 0.0188. The SMILES string of the molecule is CCCCN1CC(Oc2cc(F)c([C@@H]3c4[nH]c5ccccc5c4C[C@@H](C)N3CC(C)(C)CO)c(F)c2)C1. The number of nitrogens with one attached hydrogen (secondary N) is 1. The van der Waals surface area contributed by atoms with Gasteiger partial charge < -0.3 is 14.8 Å². The Hall–Kier alpha value is -2.48. The molecule has 7 heteroatoms. The molecule has 2 aromatic carbocycles. The van der Waals surface area contributed by atoms with Crippen molar-refractivity contribution >= 4 is 10.9 Å². The summed E-state index contributed by atoms with van der Waals surface area (Å²) in [6.07, 6.45) is 3.00. The summed E-state index contributed by atoms with van der Waals surface area (Å²) in [5.74, 6) is -0.970. The maximum Gasteiger partial charge on any atom is 0.135 e. The molecule has 0 unspecified atom stereocenters. The molecule has 1 aromatic heterocycles. The first-order chi connectivity index (χ1) is 17.7. The first-order valence-corrected chi connectivity index (χ1v) is 13.5. The van der Waals surface area contributed by atoms with Crippen LogP contribution in [0.4, 0.5) is 8.78 Å². The smallest absolute Gasteiger partial charge is 0.135 e. The summed E-state index contributed by atoms with van der Waals surface area (Å²) in [5, 5.41) is 11.1. The van der Waals surface area contributed by atoms with Crippen LogP contribution in [0.5, 0.6) is 5.75 Å². The van der Waals surface area contributed by atoms with Crippen molar-refractivity contribution in [1.29, 1.82) is 0 Å². The lowest BCUT2D eigenvalue weighted by Crippen LogP contribution is -2.53. The van der Waals surface area contributed by atoms with E-state index in [1.54, 1.807) is 0 Å². The van der Waals surface area contributed by atoms with Crippen molar-refractivity contribution in [3.63, 3.8) is 0 Å². The van der Waals surface area contributed by atoms with Gasteiger partial charge in [-0.25, -0.2) is 8.78 Å². The molecule has 5 rings (SSSR count). The Bertz CT molecular complexity index is 1230. The number of fused-ring (bicyclic) bond motifs is 3. The first-order valence-electron chi connectivity index (χ1n) is 13.5. The molecular weight excluding hydrogens is 472 g/mol. The van der Waals surface area contributed by atoms with E-state index < -0.39 is 23.1 Å². The number of ether oxygens (including phenoxy) is 1. The number of aromatic nitrogens is 1. The molecule has 1 fully saturated rings. The molecule has 0 radical (unpaired) electrons. The number of halogens is 2. The summed E-state index contributed by atoms with van der Waals surface area (Å²) in [7, 11) is 0. The van der Waals surface area contributed by atoms with E-state index in [9.17, 15) is 5.11 Å². The van der Waals surface area contributed by atoms with Crippen LogP contribution in [0.25, 0.3) is 10.9 Å². The number of aliphatic hydroxyl groups excluding tert-OH is 1. The highest BCUT2D eigenvalue weighted by Crippen LogP contribution is 2.44. The van der Waals surface area contributed by atoms with Crippen molar-refractivity contribution in [2.24, 2.45) is 5.41 Å². The van der Waals surface area contributed by atoms with Gasteiger partial charge in [0.1, 0.15) is 23.5 Å². The van der Waals surface area contributed by atoms with Crippen molar-refractivity contribution in [2.45, 2.75) is 65.1 Å². The van der Waals surface area contributed by atoms with Crippen molar-refractivity contribution in [1.82, 2.24) is 14.8 Å². The molecule has 2 aliphatic rings. The topological polar surface area (TPSA) is 51.7 Å². The van der Waals surface area contributed by atoms with Gasteiger partial charge in [0.05, 0.1) is 6.04 Å². The number of benzene rings is 2. The fourth-order valence-corrected chi connectivity index (χ4v) is 5.85. The Morgan fingerprint density at radius 3 is 2.51 bits per heavy atom. The average molecular weight is 512 g/mol. The Morgan fingerprint density at radius 2 is 1.84 bits per heavy atom. The number of aliphatic hydroxyl groups is 1. The van der Waals surface area contributed by atoms with Crippen LogP contribution >= 0.6 is 0 Å². The van der Waals surface area contributed by atoms with E-state index in [1.807, 2.05) is 32.0 Å². The quantitative estimate of drug-likeness (QED) is 0.389. The van der Waals surface area contributed by atoms with E-state index in [4.69, 9.17) is 4.74 Å². The minimum atomic E-state index is -0.640. The van der Waals surface area contributed by atoms with E-state index in [0.717, 1.165) is 61.1 Å². The number of hydrogen-bond acceptors (Lipinski definition) is 4. The van der Waals surface area contributed by atoms with Crippen LogP contribution in [-0.4, -0.2) is 64.8 Å². The van der Waals surface area contributed by atoms with Gasteiger partial charge in [-0.3, -0.25) is 9.80 Å². The van der Waals surface area contributed by atoms with Gasteiger partial charge in [-0.1, -0.05) is 45.4 Å². The molecule has 3 heterocycles. The summed E-state index contributed by atoms with van der Waals surface area (Å²) in [6.45, 7) is 11.3. The number of unbranched alkanes of at least 4 members (excludes halogenated alkanes) is 1. The largest absolute Gasteiger partial charge is 0.488 e. The molecule has 37 heavy (non-hydrogen) atoms. The zero-order valence-electron chi connectivity index (χ0n) is 22.4. The molecule has 2 N–H and O–H groups in total. The number of aromatic amines is 1. The molecule has 200 valence electrons. The lowest BCUT2D eigenvalue weighted by atomic mass is 9.84. The summed E-state index contributed by atoms with van der Waals surface area (Å²) < 4.78 is 37.7. The van der Waals surface area contributed by atoms with Gasteiger partial charge in [-0.05, 0) is 37.9 Å². The van der Waals surface area contributed by atoms with E-state index in [1.165, 1.54) is 12.1 Å². The van der Waals surface area contributed by atoms with Crippen LogP contribution in [0.2, 0.25) is 0 Å². The predicted octanol–water partition coefficient (Wildman–Crippen LogP) is 5.66. The molecule has 0 aliphatic carbocycles. The highest BCUT2D eigenvalue weighted by molar-refractivity contribution is 5.85. The van der Waals surface area contributed by atoms with Crippen LogP contribution in [0.15, 0.2) is 36.4 Å². The number of H-pyrrole nitrogens is 1. The van der Waals surface area contributed by atoms with Crippen molar-refractivity contribution in [3.05, 3.63) is 64.9 Å². The van der Waals surface area contributed by atoms with Gasteiger partial charge in [0, 0.05) is 72.0 Å². The zero-order valence-corrected chi connectivity index (χ0v) is 22.4. The normalized spacial score (nSPS) is 21.3. The maximum absolute atomic E-state index is 15.9. The third-order valence-corrected chi connectivity index (χ3v) is 7.94. The number of hydrogen-bond donors (Lipinski definition) is 2. The van der Waals surface area contributed by atoms with Gasteiger partial charge in [-0.15, -0.1) is 0 Å². The van der Waals surface area contributed by atoms with Gasteiger partial charge in [0.25, 0.3) is 0 Å². The van der Waals surface area contributed by atoms with Crippen LogP contribution in [0.3, 0.4) is 0 Å². The molecule has 3 aromatic rings. The minimum absolute atomic E-state index is 0.0170. The predicted molar refractivity (Wildman–Crippen MR) is 143 cm³/mol. The summed E-state index contributed by atoms with van der Waals surface area (Å²) in [5.41, 5.74) is 2.49. The molecule has 2 atom stereocenters. The third kappa shape index (κ3) is 5.14. The second kappa shape index (κ2) is 10.4. The van der Waals surface area contributed by atoms with Crippen molar-refractivity contribution in [2.75, 3.05) is 32.8 Å². The maximum atomic E-state index is 15.9. The Morgan fingerprint density at radius 1 is 1.14 bits per heavy atom. The summed E-state index contributed by atoms with van der Waals surface area (Å²) in [6, 6.07) is 10.1. The second-order valence-electron chi connectivity index (χ2n) is 11.7. The molecule has 5 nitrogen and oxygen atoms in total. The highest BCUT2D eigenvalue weighted by atomic mass is 19.1. The van der Waals surface area contributed by atoms with Gasteiger partial charge in [0.15, 0.2) is 0 Å². The molecule has 0 saturated carbocycles. The number of nitrogens with zero attached hydrogens (tertiary/aromatic N) is 2. The Balaban J connectivity index is 1.50. The molecule has 2 aliphatic heterocycles. The van der Waals surface area contributed by atoms with E-state index >= 15 is 8.78 Å². The number of para-hydroxylation sites is 1. The summed E-state index contributed by atoms with van der Waals surface area (Å²) in [4.78, 5) is 7.92. The van der Waals surface area contributed by atoms with Crippen molar-refractivity contribution < 1.29 is 18.6 Å². The molecular formula is C30H39F2N3O2. The third-order valence-electron chi connectivity index (χ3n) is 7.94. The minimum Gasteiger partial charge on any atom is -0.488 e. The Labute approximate surface area is 218 Å². The molecule has 1 saturated heterocycles. The monoisotopic (exact) mass is 511 g/mol. The van der Waals surface area contributed by atoms with Gasteiger partial charge in [0.2, 0.25) is 0 Å². The molecule has 0 spiro atoms. The van der Waals surface area contributed by atoms with E-state index in [-0.39, 0.29) is 30.1 Å². The van der Waals surface area contributed by atoms with Crippen LogP contribution < -0.4 is 4.74 Å². The highest BCUT2D eigenvalue weighted by Gasteiger charge is 2.41. The molecule has 0 amide bonds. The number of rotatable bonds is 9. The van der Waals surface area contributed by atoms with Gasteiger partial charge in [-0.2, -0.15) is 0 Å². The van der Waals surface area contributed by atoms with Crippen LogP contribution in [0, 0.1) is 17.0 Å². The van der Waals surface area contributed by atoms with E-state index in [0.29, 0.717) is 6.54 Å². The summed E-state index contributed by atoms with van der Waals surface area (Å²) >= 11 is 0. The number of likely N-dealkylation sites (tertiary alicyclic amines) is 1.